The van der Waals surface area contributed by atoms with Crippen molar-refractivity contribution in [2.45, 2.75) is 64.2 Å². The van der Waals surface area contributed by atoms with E-state index in [2.05, 4.69) is 43.3 Å². The summed E-state index contributed by atoms with van der Waals surface area (Å²) in [7, 11) is -2.54. The highest BCUT2D eigenvalue weighted by atomic mass is 31.2. The van der Waals surface area contributed by atoms with E-state index < -0.39 is 19.0 Å². The van der Waals surface area contributed by atoms with Crippen molar-refractivity contribution in [3.05, 3.63) is 120 Å². The minimum Gasteiger partial charge on any atom is -0.493 e. The van der Waals surface area contributed by atoms with Gasteiger partial charge in [0.15, 0.2) is 0 Å². The van der Waals surface area contributed by atoms with Gasteiger partial charge in [0.05, 0.1) is 12.2 Å². The number of rotatable bonds is 14. The zero-order valence-corrected chi connectivity index (χ0v) is 24.1. The molecule has 0 aliphatic carbocycles. The van der Waals surface area contributed by atoms with Crippen molar-refractivity contribution in [3.8, 4) is 5.75 Å². The number of ether oxygens (including phenoxy) is 1. The van der Waals surface area contributed by atoms with Crippen LogP contribution in [0.4, 0.5) is 13.2 Å². The molecule has 0 aliphatic rings. The van der Waals surface area contributed by atoms with E-state index in [0.29, 0.717) is 12.4 Å². The highest BCUT2D eigenvalue weighted by Gasteiger charge is 2.48. The second kappa shape index (κ2) is 14.5. The predicted octanol–water partition coefficient (Wildman–Crippen LogP) is 9.33. The summed E-state index contributed by atoms with van der Waals surface area (Å²) >= 11 is 0. The highest BCUT2D eigenvalue weighted by Crippen LogP contribution is 2.60. The molecule has 0 atom stereocenters. The van der Waals surface area contributed by atoms with E-state index >= 15 is 0 Å². The van der Waals surface area contributed by atoms with Crippen molar-refractivity contribution in [1.29, 1.82) is 0 Å². The van der Waals surface area contributed by atoms with Crippen molar-refractivity contribution in [2.24, 2.45) is 0 Å². The summed E-state index contributed by atoms with van der Waals surface area (Å²) in [6.45, 7) is 2.61. The van der Waals surface area contributed by atoms with E-state index in [4.69, 9.17) is 4.74 Å². The lowest BCUT2D eigenvalue weighted by atomic mass is 10.1. The van der Waals surface area contributed by atoms with Gasteiger partial charge in [0.25, 0.3) is 0 Å². The van der Waals surface area contributed by atoms with Gasteiger partial charge in [0.1, 0.15) is 35.1 Å². The Hall–Kier alpha value is -3.10. The summed E-state index contributed by atoms with van der Waals surface area (Å²) in [5, 5.41) is 3.13. The maximum atomic E-state index is 14.6. The fraction of sp³-hybridized carbons (Fsp3) is 0.314. The molecule has 0 bridgehead atoms. The molecule has 0 amide bonds. The van der Waals surface area contributed by atoms with E-state index in [0.717, 1.165) is 35.2 Å². The molecule has 0 heterocycles. The molecule has 210 valence electrons. The fourth-order valence-electron chi connectivity index (χ4n) is 5.38. The average molecular weight is 564 g/mol. The first kappa shape index (κ1) is 29.9. The molecule has 5 heteroatoms. The number of halogens is 3. The Labute approximate surface area is 237 Å². The van der Waals surface area contributed by atoms with Crippen molar-refractivity contribution in [1.82, 2.24) is 0 Å². The van der Waals surface area contributed by atoms with Gasteiger partial charge in [0, 0.05) is 5.56 Å². The lowest BCUT2D eigenvalue weighted by molar-refractivity contribution is -0.138. The minimum absolute atomic E-state index is 0.215. The molecule has 0 aliphatic heterocycles. The van der Waals surface area contributed by atoms with Crippen LogP contribution in [0.1, 0.15) is 63.0 Å². The Morgan fingerprint density at radius 2 is 1.05 bits per heavy atom. The van der Waals surface area contributed by atoms with Gasteiger partial charge in [0.2, 0.25) is 0 Å². The number of hydrogen-bond donors (Lipinski definition) is 0. The summed E-state index contributed by atoms with van der Waals surface area (Å²) in [5.41, 5.74) is -0.375. The van der Waals surface area contributed by atoms with Gasteiger partial charge in [-0.2, -0.15) is 13.2 Å². The molecule has 40 heavy (non-hydrogen) atoms. The van der Waals surface area contributed by atoms with Crippen molar-refractivity contribution in [3.63, 3.8) is 0 Å². The van der Waals surface area contributed by atoms with Gasteiger partial charge in [-0.05, 0) is 55.0 Å². The quantitative estimate of drug-likeness (QED) is 0.110. The summed E-state index contributed by atoms with van der Waals surface area (Å²) in [4.78, 5) is 0. The Morgan fingerprint density at radius 3 is 1.52 bits per heavy atom. The Bertz CT molecular complexity index is 1190. The molecule has 4 aromatic carbocycles. The summed E-state index contributed by atoms with van der Waals surface area (Å²) in [6.07, 6.45) is 3.59. The molecular formula is C35H39F3OP+. The van der Waals surface area contributed by atoms with Gasteiger partial charge in [-0.25, -0.2) is 0 Å². The standard InChI is InChI=1S/C35H39F3OP/c1-2-3-4-5-6-7-17-27-39-34-26-18-25-33(35(36,37)38)32(34)28-40(29-19-11-8-12-20-29,30-21-13-9-14-22-30)31-23-15-10-16-24-31/h8-16,18-26H,2-7,17,27-28H2,1H3/q+1. The van der Waals surface area contributed by atoms with Crippen LogP contribution in [-0.4, -0.2) is 6.61 Å². The monoisotopic (exact) mass is 563 g/mol. The molecule has 0 N–H and O–H groups in total. The third-order valence-corrected chi connectivity index (χ3v) is 11.8. The van der Waals surface area contributed by atoms with Gasteiger partial charge in [-0.15, -0.1) is 0 Å². The van der Waals surface area contributed by atoms with Crippen LogP contribution in [0.25, 0.3) is 0 Å². The van der Waals surface area contributed by atoms with E-state index in [9.17, 15) is 13.2 Å². The number of hydrogen-bond acceptors (Lipinski definition) is 1. The van der Waals surface area contributed by atoms with Crippen LogP contribution in [-0.2, 0) is 12.3 Å². The van der Waals surface area contributed by atoms with Gasteiger partial charge < -0.3 is 4.74 Å². The Morgan fingerprint density at radius 1 is 0.575 bits per heavy atom. The third-order valence-electron chi connectivity index (χ3n) is 7.43. The van der Waals surface area contributed by atoms with Crippen molar-refractivity contribution >= 4 is 23.2 Å². The third kappa shape index (κ3) is 7.34. The van der Waals surface area contributed by atoms with Crippen LogP contribution in [0.2, 0.25) is 0 Å². The zero-order valence-electron chi connectivity index (χ0n) is 23.2. The predicted molar refractivity (Wildman–Crippen MR) is 164 cm³/mol. The molecule has 0 fully saturated rings. The second-order valence-electron chi connectivity index (χ2n) is 10.2. The molecule has 0 spiro atoms. The highest BCUT2D eigenvalue weighted by molar-refractivity contribution is 7.95. The van der Waals surface area contributed by atoms with Crippen LogP contribution in [0.5, 0.6) is 5.75 Å². The van der Waals surface area contributed by atoms with Crippen LogP contribution in [0, 0.1) is 0 Å². The Kier molecular flexibility index (Phi) is 10.8. The Balaban J connectivity index is 1.77. The molecule has 0 saturated heterocycles. The first-order valence-corrected chi connectivity index (χ1v) is 16.3. The summed E-state index contributed by atoms with van der Waals surface area (Å²) < 4.78 is 49.8. The molecule has 1 nitrogen and oxygen atoms in total. The lowest BCUT2D eigenvalue weighted by Gasteiger charge is -2.29. The SMILES string of the molecule is CCCCCCCCCOc1cccc(C(F)(F)F)c1C[P+](c1ccccc1)(c1ccccc1)c1ccccc1. The van der Waals surface area contributed by atoms with E-state index in [1.165, 1.54) is 37.8 Å². The molecule has 0 radical (unpaired) electrons. The largest absolute Gasteiger partial charge is 0.493 e. The molecule has 0 unspecified atom stereocenters. The second-order valence-corrected chi connectivity index (χ2v) is 13.7. The molecular weight excluding hydrogens is 524 g/mol. The maximum absolute atomic E-state index is 14.6. The smallest absolute Gasteiger partial charge is 0.416 e. The van der Waals surface area contributed by atoms with Crippen LogP contribution in [0.3, 0.4) is 0 Å². The van der Waals surface area contributed by atoms with Crippen molar-refractivity contribution < 1.29 is 17.9 Å². The zero-order chi connectivity index (χ0) is 28.3. The minimum atomic E-state index is -4.49. The van der Waals surface area contributed by atoms with E-state index in [-0.39, 0.29) is 11.7 Å². The lowest BCUT2D eigenvalue weighted by Crippen LogP contribution is -2.33. The number of alkyl halides is 3. The van der Waals surface area contributed by atoms with Gasteiger partial charge >= 0.3 is 6.18 Å². The average Bonchev–Trinajstić information content (AvgIpc) is 2.98. The normalized spacial score (nSPS) is 11.9. The fourth-order valence-corrected chi connectivity index (χ4v) is 9.66. The van der Waals surface area contributed by atoms with E-state index in [1.807, 2.05) is 54.6 Å². The van der Waals surface area contributed by atoms with E-state index in [1.54, 1.807) is 6.07 Å². The maximum Gasteiger partial charge on any atom is 0.416 e. The molecule has 0 saturated carbocycles. The first-order chi connectivity index (χ1) is 19.5. The topological polar surface area (TPSA) is 9.23 Å². The number of unbranched alkanes of at least 4 members (excludes halogenated alkanes) is 6. The molecule has 4 aromatic rings. The molecule has 4 rings (SSSR count). The van der Waals surface area contributed by atoms with Crippen LogP contribution >= 0.6 is 7.26 Å². The first-order valence-electron chi connectivity index (χ1n) is 14.3. The summed E-state index contributed by atoms with van der Waals surface area (Å²) in [6, 6.07) is 34.4. The van der Waals surface area contributed by atoms with Crippen LogP contribution in [0.15, 0.2) is 109 Å². The summed E-state index contributed by atoms with van der Waals surface area (Å²) in [5.74, 6) is 0.341. The van der Waals surface area contributed by atoms with Gasteiger partial charge in [-0.1, -0.05) is 106 Å². The number of benzene rings is 4. The van der Waals surface area contributed by atoms with Gasteiger partial charge in [-0.3, -0.25) is 0 Å². The molecule has 0 aromatic heterocycles. The van der Waals surface area contributed by atoms with Crippen LogP contribution < -0.4 is 20.7 Å². The van der Waals surface area contributed by atoms with Crippen molar-refractivity contribution in [2.75, 3.05) is 6.61 Å².